The molecule has 0 saturated heterocycles. The summed E-state index contributed by atoms with van der Waals surface area (Å²) in [4.78, 5) is 35.2. The third kappa shape index (κ3) is 6.05. The van der Waals surface area contributed by atoms with Crippen molar-refractivity contribution in [2.24, 2.45) is 0 Å². The summed E-state index contributed by atoms with van der Waals surface area (Å²) in [6.07, 6.45) is 0.528. The Morgan fingerprint density at radius 3 is 1.88 bits per heavy atom. The molecule has 3 amide bonds. The third-order valence-corrected chi connectivity index (χ3v) is 3.74. The Balaban J connectivity index is 1.99. The van der Waals surface area contributed by atoms with E-state index in [9.17, 15) is 14.4 Å². The number of nitrogens with one attached hydrogen (secondary N) is 3. The highest BCUT2D eigenvalue weighted by molar-refractivity contribution is 5.93. The van der Waals surface area contributed by atoms with Crippen LogP contribution in [0.25, 0.3) is 0 Å². The lowest BCUT2D eigenvalue weighted by Gasteiger charge is -2.18. The first-order valence-corrected chi connectivity index (χ1v) is 8.49. The highest BCUT2D eigenvalue weighted by atomic mass is 16.2. The average molecular weight is 353 g/mol. The van der Waals surface area contributed by atoms with Gasteiger partial charge in [-0.05, 0) is 29.8 Å². The number of hydrogen-bond acceptors (Lipinski definition) is 3. The van der Waals surface area contributed by atoms with Crippen LogP contribution in [0.15, 0.2) is 54.6 Å². The predicted molar refractivity (Wildman–Crippen MR) is 102 cm³/mol. The monoisotopic (exact) mass is 353 g/mol. The van der Waals surface area contributed by atoms with Crippen molar-refractivity contribution in [3.63, 3.8) is 0 Å². The SMILES string of the molecule is CCC(=O)Nc1ccc(NC(=O)CC(NC(C)=O)c2ccccc2)cc1. The summed E-state index contributed by atoms with van der Waals surface area (Å²) < 4.78 is 0. The van der Waals surface area contributed by atoms with E-state index < -0.39 is 6.04 Å². The van der Waals surface area contributed by atoms with Crippen molar-refractivity contribution >= 4 is 29.1 Å². The van der Waals surface area contributed by atoms with E-state index in [-0.39, 0.29) is 24.1 Å². The van der Waals surface area contributed by atoms with Crippen LogP contribution in [0.4, 0.5) is 11.4 Å². The van der Waals surface area contributed by atoms with Crippen LogP contribution in [0.1, 0.15) is 38.3 Å². The van der Waals surface area contributed by atoms with Gasteiger partial charge in [0.2, 0.25) is 17.7 Å². The van der Waals surface area contributed by atoms with Gasteiger partial charge in [0.25, 0.3) is 0 Å². The molecule has 3 N–H and O–H groups in total. The van der Waals surface area contributed by atoms with Gasteiger partial charge in [-0.3, -0.25) is 14.4 Å². The maximum absolute atomic E-state index is 12.4. The van der Waals surface area contributed by atoms with Crippen LogP contribution in [0, 0.1) is 0 Å². The van der Waals surface area contributed by atoms with Gasteiger partial charge in [0, 0.05) is 24.7 Å². The van der Waals surface area contributed by atoms with E-state index in [0.29, 0.717) is 17.8 Å². The van der Waals surface area contributed by atoms with Crippen LogP contribution in [0.5, 0.6) is 0 Å². The largest absolute Gasteiger partial charge is 0.349 e. The molecule has 0 radical (unpaired) electrons. The number of hydrogen-bond donors (Lipinski definition) is 3. The molecule has 0 aliphatic carbocycles. The third-order valence-electron chi connectivity index (χ3n) is 3.74. The van der Waals surface area contributed by atoms with Crippen LogP contribution in [-0.2, 0) is 14.4 Å². The first-order chi connectivity index (χ1) is 12.5. The van der Waals surface area contributed by atoms with E-state index in [1.54, 1.807) is 31.2 Å². The van der Waals surface area contributed by atoms with Gasteiger partial charge >= 0.3 is 0 Å². The van der Waals surface area contributed by atoms with Crippen molar-refractivity contribution in [2.75, 3.05) is 10.6 Å². The van der Waals surface area contributed by atoms with Gasteiger partial charge < -0.3 is 16.0 Å². The van der Waals surface area contributed by atoms with Crippen LogP contribution in [0.3, 0.4) is 0 Å². The minimum Gasteiger partial charge on any atom is -0.349 e. The van der Waals surface area contributed by atoms with Gasteiger partial charge in [-0.2, -0.15) is 0 Å². The Kier molecular flexibility index (Phi) is 6.91. The fourth-order valence-electron chi connectivity index (χ4n) is 2.47. The number of anilines is 2. The van der Waals surface area contributed by atoms with Crippen molar-refractivity contribution in [1.29, 1.82) is 0 Å². The summed E-state index contributed by atoms with van der Waals surface area (Å²) >= 11 is 0. The number of rotatable bonds is 7. The molecule has 2 aromatic rings. The second-order valence-electron chi connectivity index (χ2n) is 5.90. The molecule has 0 fully saturated rings. The van der Waals surface area contributed by atoms with Gasteiger partial charge in [-0.15, -0.1) is 0 Å². The quantitative estimate of drug-likeness (QED) is 0.714. The van der Waals surface area contributed by atoms with Crippen LogP contribution in [0.2, 0.25) is 0 Å². The summed E-state index contributed by atoms with van der Waals surface area (Å²) in [6, 6.07) is 15.9. The maximum atomic E-state index is 12.4. The minimum atomic E-state index is -0.392. The van der Waals surface area contributed by atoms with Crippen LogP contribution in [-0.4, -0.2) is 17.7 Å². The average Bonchev–Trinajstić information content (AvgIpc) is 2.63. The lowest BCUT2D eigenvalue weighted by molar-refractivity contribution is -0.120. The Bertz CT molecular complexity index is 758. The van der Waals surface area contributed by atoms with Crippen molar-refractivity contribution in [2.45, 2.75) is 32.7 Å². The maximum Gasteiger partial charge on any atom is 0.226 e. The number of carbonyl (C=O) groups excluding carboxylic acids is 3. The van der Waals surface area contributed by atoms with Gasteiger partial charge in [-0.1, -0.05) is 37.3 Å². The topological polar surface area (TPSA) is 87.3 Å². The van der Waals surface area contributed by atoms with Crippen molar-refractivity contribution in [3.8, 4) is 0 Å². The Hall–Kier alpha value is -3.15. The minimum absolute atomic E-state index is 0.0669. The molecule has 1 unspecified atom stereocenters. The lowest BCUT2D eigenvalue weighted by Crippen LogP contribution is -2.29. The van der Waals surface area contributed by atoms with Crippen LogP contribution < -0.4 is 16.0 Å². The molecule has 0 bridgehead atoms. The van der Waals surface area contributed by atoms with Crippen molar-refractivity contribution < 1.29 is 14.4 Å². The van der Waals surface area contributed by atoms with Gasteiger partial charge in [0.1, 0.15) is 0 Å². The first kappa shape index (κ1) is 19.2. The molecular weight excluding hydrogens is 330 g/mol. The molecule has 2 rings (SSSR count). The zero-order chi connectivity index (χ0) is 18.9. The van der Waals surface area contributed by atoms with E-state index >= 15 is 0 Å². The second-order valence-corrected chi connectivity index (χ2v) is 5.90. The summed E-state index contributed by atoms with van der Waals surface area (Å²) in [5.41, 5.74) is 2.17. The fraction of sp³-hybridized carbons (Fsp3) is 0.250. The number of carbonyl (C=O) groups is 3. The molecule has 136 valence electrons. The molecule has 6 heteroatoms. The molecule has 0 aliphatic rings. The van der Waals surface area contributed by atoms with Gasteiger partial charge in [-0.25, -0.2) is 0 Å². The zero-order valence-corrected chi connectivity index (χ0v) is 14.9. The molecule has 0 spiro atoms. The standard InChI is InChI=1S/C20H23N3O3/c1-3-19(25)22-16-9-11-17(12-10-16)23-20(26)13-18(21-14(2)24)15-7-5-4-6-8-15/h4-12,18H,3,13H2,1-2H3,(H,21,24)(H,22,25)(H,23,26). The summed E-state index contributed by atoms with van der Waals surface area (Å²) in [5, 5.41) is 8.36. The molecule has 0 saturated carbocycles. The highest BCUT2D eigenvalue weighted by Gasteiger charge is 2.17. The molecule has 26 heavy (non-hydrogen) atoms. The van der Waals surface area contributed by atoms with E-state index in [0.717, 1.165) is 5.56 Å². The van der Waals surface area contributed by atoms with Gasteiger partial charge in [0.05, 0.1) is 12.5 Å². The number of amides is 3. The van der Waals surface area contributed by atoms with Crippen molar-refractivity contribution in [3.05, 3.63) is 60.2 Å². The first-order valence-electron chi connectivity index (χ1n) is 8.49. The molecule has 2 aromatic carbocycles. The number of benzene rings is 2. The summed E-state index contributed by atoms with van der Waals surface area (Å²) in [6.45, 7) is 3.21. The zero-order valence-electron chi connectivity index (χ0n) is 14.9. The Labute approximate surface area is 153 Å². The molecular formula is C20H23N3O3. The predicted octanol–water partition coefficient (Wildman–Crippen LogP) is 3.24. The Morgan fingerprint density at radius 1 is 0.846 bits per heavy atom. The molecule has 1 atom stereocenters. The molecule has 6 nitrogen and oxygen atoms in total. The summed E-state index contributed by atoms with van der Waals surface area (Å²) in [7, 11) is 0. The fourth-order valence-corrected chi connectivity index (χ4v) is 2.47. The summed E-state index contributed by atoms with van der Waals surface area (Å²) in [5.74, 6) is -0.469. The van der Waals surface area contributed by atoms with Gasteiger partial charge in [0.15, 0.2) is 0 Å². The second kappa shape index (κ2) is 9.36. The Morgan fingerprint density at radius 2 is 1.38 bits per heavy atom. The normalized spacial score (nSPS) is 11.3. The molecule has 0 aromatic heterocycles. The molecule has 0 aliphatic heterocycles. The lowest BCUT2D eigenvalue weighted by atomic mass is 10.0. The van der Waals surface area contributed by atoms with E-state index in [4.69, 9.17) is 0 Å². The van der Waals surface area contributed by atoms with E-state index in [2.05, 4.69) is 16.0 Å². The van der Waals surface area contributed by atoms with Crippen molar-refractivity contribution in [1.82, 2.24) is 5.32 Å². The van der Waals surface area contributed by atoms with E-state index in [1.807, 2.05) is 30.3 Å². The molecule has 0 heterocycles. The highest BCUT2D eigenvalue weighted by Crippen LogP contribution is 2.19. The van der Waals surface area contributed by atoms with E-state index in [1.165, 1.54) is 6.92 Å². The smallest absolute Gasteiger partial charge is 0.226 e. The van der Waals surface area contributed by atoms with Crippen LogP contribution >= 0.6 is 0 Å².